The summed E-state index contributed by atoms with van der Waals surface area (Å²) in [5, 5.41) is 8.45. The molecule has 1 aromatic heterocycles. The van der Waals surface area contributed by atoms with E-state index in [4.69, 9.17) is 0 Å². The summed E-state index contributed by atoms with van der Waals surface area (Å²) in [6.07, 6.45) is 4.29. The van der Waals surface area contributed by atoms with Gasteiger partial charge in [0, 0.05) is 35.9 Å². The van der Waals surface area contributed by atoms with Gasteiger partial charge in [-0.1, -0.05) is 23.9 Å². The maximum absolute atomic E-state index is 12.0. The molecule has 0 radical (unpaired) electrons. The minimum atomic E-state index is -0.257. The van der Waals surface area contributed by atoms with Crippen LogP contribution in [0.25, 0.3) is 0 Å². The van der Waals surface area contributed by atoms with E-state index in [1.165, 1.54) is 0 Å². The number of aromatic nitrogens is 1. The molecule has 2 heterocycles. The Morgan fingerprint density at radius 3 is 2.56 bits per heavy atom. The van der Waals surface area contributed by atoms with Gasteiger partial charge in [0.25, 0.3) is 5.91 Å². The predicted molar refractivity (Wildman–Crippen MR) is 103 cm³/mol. The molecule has 2 aromatic rings. The summed E-state index contributed by atoms with van der Waals surface area (Å²) >= 11 is 1.74. The van der Waals surface area contributed by atoms with Crippen molar-refractivity contribution in [3.63, 3.8) is 0 Å². The van der Waals surface area contributed by atoms with Gasteiger partial charge in [-0.3, -0.25) is 14.8 Å². The first-order chi connectivity index (χ1) is 12.2. The lowest BCUT2D eigenvalue weighted by molar-refractivity contribution is 0.0954. The first kappa shape index (κ1) is 17.2. The van der Waals surface area contributed by atoms with Crippen LogP contribution in [0.2, 0.25) is 0 Å². The fourth-order valence-electron chi connectivity index (χ4n) is 2.22. The number of rotatable bonds is 4. The first-order valence-corrected chi connectivity index (χ1v) is 9.00. The van der Waals surface area contributed by atoms with Crippen LogP contribution in [0.15, 0.2) is 58.9 Å². The Hall–Kier alpha value is -2.67. The number of benzene rings is 1. The van der Waals surface area contributed by atoms with Gasteiger partial charge in [0.2, 0.25) is 0 Å². The highest BCUT2D eigenvalue weighted by atomic mass is 32.2. The molecule has 0 bridgehead atoms. The molecule has 1 aliphatic heterocycles. The van der Waals surface area contributed by atoms with Crippen molar-refractivity contribution in [1.82, 2.24) is 10.4 Å². The number of nitrogens with zero attached hydrogens (tertiary/aromatic N) is 3. The summed E-state index contributed by atoms with van der Waals surface area (Å²) in [6, 6.07) is 11.2. The van der Waals surface area contributed by atoms with Crippen LogP contribution in [-0.4, -0.2) is 34.1 Å². The molecule has 0 spiro atoms. The van der Waals surface area contributed by atoms with E-state index in [2.05, 4.69) is 25.8 Å². The zero-order chi connectivity index (χ0) is 17.5. The van der Waals surface area contributed by atoms with Crippen LogP contribution >= 0.6 is 11.8 Å². The fraction of sp³-hybridized carbons (Fsp3) is 0.222. The van der Waals surface area contributed by atoms with Crippen molar-refractivity contribution in [2.75, 3.05) is 17.6 Å². The molecule has 0 unspecified atom stereocenters. The van der Waals surface area contributed by atoms with E-state index >= 15 is 0 Å². The molecule has 1 aliphatic rings. The topological polar surface area (TPSA) is 78.7 Å². The number of hydrogen-bond donors (Lipinski definition) is 2. The van der Waals surface area contributed by atoms with E-state index in [-0.39, 0.29) is 5.91 Å². The first-order valence-electron chi connectivity index (χ1n) is 8.02. The Kier molecular flexibility index (Phi) is 5.79. The van der Waals surface area contributed by atoms with E-state index in [1.54, 1.807) is 36.3 Å². The molecule has 3 rings (SSSR count). The second-order valence-electron chi connectivity index (χ2n) is 5.47. The molecule has 2 N–H and O–H groups in total. The SMILES string of the molecule is C/C(=N/NC(=O)c1ccncc1)c1ccc(NC2=NCCCS2)cc1. The molecule has 0 aliphatic carbocycles. The van der Waals surface area contributed by atoms with Gasteiger partial charge in [0.1, 0.15) is 0 Å². The fourth-order valence-corrected chi connectivity index (χ4v) is 3.06. The predicted octanol–water partition coefficient (Wildman–Crippen LogP) is 3.14. The maximum Gasteiger partial charge on any atom is 0.271 e. The summed E-state index contributed by atoms with van der Waals surface area (Å²) in [5.74, 6) is 0.847. The van der Waals surface area contributed by atoms with Gasteiger partial charge in [-0.05, 0) is 43.2 Å². The summed E-state index contributed by atoms with van der Waals surface area (Å²) in [6.45, 7) is 2.74. The van der Waals surface area contributed by atoms with E-state index in [0.29, 0.717) is 5.56 Å². The van der Waals surface area contributed by atoms with Crippen LogP contribution in [0.3, 0.4) is 0 Å². The number of hydrazone groups is 1. The second-order valence-corrected chi connectivity index (χ2v) is 6.55. The molecule has 6 nitrogen and oxygen atoms in total. The summed E-state index contributed by atoms with van der Waals surface area (Å²) in [4.78, 5) is 20.3. The van der Waals surface area contributed by atoms with Crippen LogP contribution in [-0.2, 0) is 0 Å². The Labute approximate surface area is 150 Å². The third kappa shape index (κ3) is 4.90. The Balaban J connectivity index is 1.61. The van der Waals surface area contributed by atoms with E-state index in [0.717, 1.165) is 40.8 Å². The average molecular weight is 353 g/mol. The largest absolute Gasteiger partial charge is 0.335 e. The van der Waals surface area contributed by atoms with E-state index in [9.17, 15) is 4.79 Å². The quantitative estimate of drug-likeness (QED) is 0.654. The number of carbonyl (C=O) groups is 1. The maximum atomic E-state index is 12.0. The van der Waals surface area contributed by atoms with Crippen LogP contribution in [0, 0.1) is 0 Å². The van der Waals surface area contributed by atoms with Gasteiger partial charge in [-0.25, -0.2) is 5.43 Å². The zero-order valence-electron chi connectivity index (χ0n) is 13.9. The van der Waals surface area contributed by atoms with Crippen LogP contribution in [0.4, 0.5) is 5.69 Å². The monoisotopic (exact) mass is 353 g/mol. The Morgan fingerprint density at radius 2 is 1.88 bits per heavy atom. The Bertz CT molecular complexity index is 787. The van der Waals surface area contributed by atoms with Crippen LogP contribution in [0.5, 0.6) is 0 Å². The number of amidine groups is 1. The van der Waals surface area contributed by atoms with Crippen molar-refractivity contribution in [2.45, 2.75) is 13.3 Å². The van der Waals surface area contributed by atoms with E-state index in [1.807, 2.05) is 31.2 Å². The number of carbonyl (C=O) groups excluding carboxylic acids is 1. The van der Waals surface area contributed by atoms with Gasteiger partial charge in [-0.15, -0.1) is 0 Å². The molecular formula is C18H19N5OS. The average Bonchev–Trinajstić information content (AvgIpc) is 2.68. The molecule has 0 atom stereocenters. The number of amides is 1. The number of aliphatic imine (C=N–C) groups is 1. The highest BCUT2D eigenvalue weighted by molar-refractivity contribution is 8.14. The van der Waals surface area contributed by atoms with Gasteiger partial charge < -0.3 is 5.32 Å². The molecule has 0 fully saturated rings. The lowest BCUT2D eigenvalue weighted by Gasteiger charge is -2.13. The van der Waals surface area contributed by atoms with Gasteiger partial charge >= 0.3 is 0 Å². The molecule has 1 aromatic carbocycles. The van der Waals surface area contributed by atoms with Crippen molar-refractivity contribution in [3.8, 4) is 0 Å². The minimum absolute atomic E-state index is 0.257. The lowest BCUT2D eigenvalue weighted by atomic mass is 10.1. The van der Waals surface area contributed by atoms with Crippen molar-refractivity contribution >= 4 is 34.2 Å². The van der Waals surface area contributed by atoms with Gasteiger partial charge in [0.15, 0.2) is 5.17 Å². The minimum Gasteiger partial charge on any atom is -0.335 e. The second kappa shape index (κ2) is 8.43. The van der Waals surface area contributed by atoms with Gasteiger partial charge in [-0.2, -0.15) is 5.10 Å². The number of pyridine rings is 1. The standard InChI is InChI=1S/C18H19N5OS/c1-13(22-23-17(24)15-7-10-19-11-8-15)14-3-5-16(6-4-14)21-18-20-9-2-12-25-18/h3-8,10-11H,2,9,12H2,1H3,(H,20,21)(H,23,24)/b22-13-. The van der Waals surface area contributed by atoms with Crippen molar-refractivity contribution in [1.29, 1.82) is 0 Å². The zero-order valence-corrected chi connectivity index (χ0v) is 14.7. The van der Waals surface area contributed by atoms with Crippen LogP contribution < -0.4 is 10.7 Å². The van der Waals surface area contributed by atoms with Crippen molar-refractivity contribution in [3.05, 3.63) is 59.9 Å². The summed E-state index contributed by atoms with van der Waals surface area (Å²) in [7, 11) is 0. The summed E-state index contributed by atoms with van der Waals surface area (Å²) in [5.41, 5.74) is 5.75. The van der Waals surface area contributed by atoms with Crippen LogP contribution in [0.1, 0.15) is 29.3 Å². The normalized spacial score (nSPS) is 14.6. The van der Waals surface area contributed by atoms with E-state index < -0.39 is 0 Å². The number of thioether (sulfide) groups is 1. The molecule has 0 saturated carbocycles. The molecule has 0 saturated heterocycles. The third-order valence-electron chi connectivity index (χ3n) is 3.62. The number of hydrogen-bond acceptors (Lipinski definition) is 6. The molecule has 128 valence electrons. The summed E-state index contributed by atoms with van der Waals surface area (Å²) < 4.78 is 0. The number of anilines is 1. The van der Waals surface area contributed by atoms with Crippen molar-refractivity contribution in [2.24, 2.45) is 10.1 Å². The lowest BCUT2D eigenvalue weighted by Crippen LogP contribution is -2.19. The van der Waals surface area contributed by atoms with Crippen molar-refractivity contribution < 1.29 is 4.79 Å². The van der Waals surface area contributed by atoms with Gasteiger partial charge in [0.05, 0.1) is 5.71 Å². The Morgan fingerprint density at radius 1 is 1.12 bits per heavy atom. The highest BCUT2D eigenvalue weighted by Gasteiger charge is 2.07. The molecule has 25 heavy (non-hydrogen) atoms. The molecule has 7 heteroatoms. The highest BCUT2D eigenvalue weighted by Crippen LogP contribution is 2.17. The smallest absolute Gasteiger partial charge is 0.271 e. The third-order valence-corrected chi connectivity index (χ3v) is 4.62. The molecule has 1 amide bonds. The number of nitrogens with one attached hydrogen (secondary N) is 2. The molecular weight excluding hydrogens is 334 g/mol.